The number of hydrogen-bond donors (Lipinski definition) is 3. The average molecular weight is 495 g/mol. The molecule has 0 saturated carbocycles. The molecule has 0 amide bonds. The van der Waals surface area contributed by atoms with Crippen molar-refractivity contribution >= 4 is 11.8 Å². The normalized spacial score (nSPS) is 13.3. The Morgan fingerprint density at radius 1 is 0.600 bits per heavy atom. The van der Waals surface area contributed by atoms with E-state index in [1.54, 1.807) is 0 Å². The molecule has 0 spiro atoms. The number of ketones is 1. The minimum absolute atomic E-state index is 0.0993. The third-order valence-corrected chi connectivity index (χ3v) is 6.95. The predicted octanol–water partition coefficient (Wildman–Crippen LogP) is 7.84. The second kappa shape index (κ2) is 25.9. The van der Waals surface area contributed by atoms with Crippen molar-refractivity contribution in [1.82, 2.24) is 0 Å². The molecule has 0 aliphatic heterocycles. The van der Waals surface area contributed by atoms with Gasteiger partial charge >= 0.3 is 5.97 Å². The summed E-state index contributed by atoms with van der Waals surface area (Å²) < 4.78 is 0. The van der Waals surface area contributed by atoms with Crippen molar-refractivity contribution in [3.8, 4) is 0 Å². The van der Waals surface area contributed by atoms with Crippen molar-refractivity contribution in [1.29, 1.82) is 0 Å². The minimum atomic E-state index is -0.998. The number of unbranched alkanes of at least 4 members (excludes halogenated alkanes) is 17. The molecule has 35 heavy (non-hydrogen) atoms. The van der Waals surface area contributed by atoms with Crippen LogP contribution in [0.3, 0.4) is 0 Å². The number of carboxylic acids is 1. The first-order valence-corrected chi connectivity index (χ1v) is 14.9. The fourth-order valence-corrected chi connectivity index (χ4v) is 4.46. The van der Waals surface area contributed by atoms with Gasteiger partial charge in [0.1, 0.15) is 11.8 Å². The van der Waals surface area contributed by atoms with Gasteiger partial charge in [-0.05, 0) is 51.4 Å². The van der Waals surface area contributed by atoms with Gasteiger partial charge in [-0.25, -0.2) is 0 Å². The third kappa shape index (κ3) is 24.3. The number of aliphatic carboxylic acids is 1. The van der Waals surface area contributed by atoms with Gasteiger partial charge in [0.05, 0.1) is 6.04 Å². The second-order valence-corrected chi connectivity index (χ2v) is 10.4. The van der Waals surface area contributed by atoms with Crippen LogP contribution in [-0.4, -0.2) is 28.9 Å². The second-order valence-electron chi connectivity index (χ2n) is 10.4. The Morgan fingerprint density at radius 3 is 1.46 bits per heavy atom. The highest BCUT2D eigenvalue weighted by Gasteiger charge is 2.15. The summed E-state index contributed by atoms with van der Waals surface area (Å²) in [5, 5.41) is 8.77. The molecule has 5 heteroatoms. The monoisotopic (exact) mass is 494 g/mol. The van der Waals surface area contributed by atoms with E-state index in [4.69, 9.17) is 16.6 Å². The van der Waals surface area contributed by atoms with E-state index < -0.39 is 18.1 Å². The van der Waals surface area contributed by atoms with Gasteiger partial charge in [0, 0.05) is 6.42 Å². The van der Waals surface area contributed by atoms with Crippen LogP contribution in [-0.2, 0) is 9.59 Å². The van der Waals surface area contributed by atoms with Crippen molar-refractivity contribution in [3.05, 3.63) is 12.2 Å². The summed E-state index contributed by atoms with van der Waals surface area (Å²) >= 11 is 0. The van der Waals surface area contributed by atoms with Crippen LogP contribution in [0.25, 0.3) is 0 Å². The lowest BCUT2D eigenvalue weighted by molar-refractivity contribution is -0.138. The van der Waals surface area contributed by atoms with Crippen LogP contribution < -0.4 is 11.5 Å². The summed E-state index contributed by atoms with van der Waals surface area (Å²) in [4.78, 5) is 22.8. The zero-order valence-corrected chi connectivity index (χ0v) is 23.0. The standard InChI is InChI=1S/C30H58N2O3/c1-2-3-4-5-6-7-8-9-10-11-12-13-14-15-16-17-18-19-20-21-22-26-29(33)27(31)24-23-25-28(32)30(34)35/h9-10,27-28H,2-8,11-26,31-32H2,1H3,(H,34,35)/b10-9-/t27?,28-/m0/s1. The molecule has 5 N–H and O–H groups in total. The molecule has 0 aliphatic carbocycles. The molecular formula is C30H58N2O3. The van der Waals surface area contributed by atoms with E-state index in [0.717, 1.165) is 12.8 Å². The molecule has 0 fully saturated rings. The molecular weight excluding hydrogens is 436 g/mol. The van der Waals surface area contributed by atoms with Crippen molar-refractivity contribution in [2.24, 2.45) is 11.5 Å². The quantitative estimate of drug-likeness (QED) is 0.0796. The van der Waals surface area contributed by atoms with E-state index in [2.05, 4.69) is 19.1 Å². The number of carboxylic acid groups (broad SMARTS) is 1. The molecule has 0 aromatic rings. The van der Waals surface area contributed by atoms with Crippen LogP contribution >= 0.6 is 0 Å². The Kier molecular flexibility index (Phi) is 25.0. The maximum atomic E-state index is 12.1. The highest BCUT2D eigenvalue weighted by atomic mass is 16.4. The summed E-state index contributed by atoms with van der Waals surface area (Å²) in [6.45, 7) is 2.27. The van der Waals surface area contributed by atoms with Gasteiger partial charge < -0.3 is 16.6 Å². The fourth-order valence-electron chi connectivity index (χ4n) is 4.46. The van der Waals surface area contributed by atoms with E-state index in [-0.39, 0.29) is 5.78 Å². The van der Waals surface area contributed by atoms with Crippen molar-refractivity contribution in [2.75, 3.05) is 0 Å². The molecule has 206 valence electrons. The van der Waals surface area contributed by atoms with Gasteiger partial charge in [0.15, 0.2) is 0 Å². The average Bonchev–Trinajstić information content (AvgIpc) is 2.84. The van der Waals surface area contributed by atoms with Gasteiger partial charge in [0.2, 0.25) is 0 Å². The molecule has 2 atom stereocenters. The highest BCUT2D eigenvalue weighted by molar-refractivity contribution is 5.83. The summed E-state index contributed by atoms with van der Waals surface area (Å²) in [6.07, 6.45) is 31.5. The van der Waals surface area contributed by atoms with Crippen LogP contribution in [0.4, 0.5) is 0 Å². The van der Waals surface area contributed by atoms with Crippen molar-refractivity contribution in [3.63, 3.8) is 0 Å². The Balaban J connectivity index is 3.32. The number of allylic oxidation sites excluding steroid dienone is 2. The van der Waals surface area contributed by atoms with Crippen LogP contribution in [0, 0.1) is 0 Å². The fraction of sp³-hybridized carbons (Fsp3) is 0.867. The molecule has 0 radical (unpaired) electrons. The zero-order valence-electron chi connectivity index (χ0n) is 23.0. The molecule has 0 aliphatic rings. The maximum absolute atomic E-state index is 12.1. The molecule has 0 saturated heterocycles. The number of hydrogen-bond acceptors (Lipinski definition) is 4. The molecule has 0 bridgehead atoms. The van der Waals surface area contributed by atoms with Gasteiger partial charge in [-0.3, -0.25) is 9.59 Å². The topological polar surface area (TPSA) is 106 Å². The largest absolute Gasteiger partial charge is 0.480 e. The van der Waals surface area contributed by atoms with Gasteiger partial charge in [-0.1, -0.05) is 109 Å². The van der Waals surface area contributed by atoms with Gasteiger partial charge in [0.25, 0.3) is 0 Å². The Morgan fingerprint density at radius 2 is 1.00 bits per heavy atom. The zero-order chi connectivity index (χ0) is 26.0. The van der Waals surface area contributed by atoms with E-state index in [9.17, 15) is 9.59 Å². The lowest BCUT2D eigenvalue weighted by Crippen LogP contribution is -2.33. The number of carbonyl (C=O) groups is 2. The summed E-state index contributed by atoms with van der Waals surface area (Å²) in [5.74, 6) is -0.899. The molecule has 5 nitrogen and oxygen atoms in total. The summed E-state index contributed by atoms with van der Waals surface area (Å²) in [6, 6.07) is -1.33. The Bertz CT molecular complexity index is 522. The first kappa shape index (κ1) is 33.8. The maximum Gasteiger partial charge on any atom is 0.320 e. The molecule has 0 rings (SSSR count). The third-order valence-electron chi connectivity index (χ3n) is 6.95. The number of nitrogens with two attached hydrogens (primary N) is 2. The SMILES string of the molecule is CCCCCCCC/C=C\CCCCCCCCCCCCCC(=O)C(N)CCC[C@H](N)C(=O)O. The Labute approximate surface area is 216 Å². The first-order chi connectivity index (χ1) is 17.0. The van der Waals surface area contributed by atoms with Crippen LogP contribution in [0.5, 0.6) is 0 Å². The van der Waals surface area contributed by atoms with Crippen molar-refractivity contribution in [2.45, 2.75) is 167 Å². The first-order valence-electron chi connectivity index (χ1n) is 14.9. The minimum Gasteiger partial charge on any atom is -0.480 e. The van der Waals surface area contributed by atoms with E-state index in [0.29, 0.717) is 25.7 Å². The van der Waals surface area contributed by atoms with Gasteiger partial charge in [-0.2, -0.15) is 0 Å². The van der Waals surface area contributed by atoms with E-state index in [1.807, 2.05) is 0 Å². The van der Waals surface area contributed by atoms with E-state index >= 15 is 0 Å². The van der Waals surface area contributed by atoms with Gasteiger partial charge in [-0.15, -0.1) is 0 Å². The molecule has 0 aromatic heterocycles. The number of rotatable bonds is 27. The van der Waals surface area contributed by atoms with Crippen LogP contribution in [0.1, 0.15) is 155 Å². The number of Topliss-reactive ketones (excluding diaryl/α,β-unsaturated/α-hetero) is 1. The van der Waals surface area contributed by atoms with Crippen LogP contribution in [0.2, 0.25) is 0 Å². The van der Waals surface area contributed by atoms with Crippen LogP contribution in [0.15, 0.2) is 12.2 Å². The highest BCUT2D eigenvalue weighted by Crippen LogP contribution is 2.14. The predicted molar refractivity (Wildman–Crippen MR) is 150 cm³/mol. The Hall–Kier alpha value is -1.20. The molecule has 1 unspecified atom stereocenters. The number of carbonyl (C=O) groups excluding carboxylic acids is 1. The lowest BCUT2D eigenvalue weighted by atomic mass is 9.99. The summed E-state index contributed by atoms with van der Waals surface area (Å²) in [5.41, 5.74) is 11.4. The summed E-state index contributed by atoms with van der Waals surface area (Å²) in [7, 11) is 0. The molecule has 0 aromatic carbocycles. The smallest absolute Gasteiger partial charge is 0.320 e. The lowest BCUT2D eigenvalue weighted by Gasteiger charge is -2.11. The van der Waals surface area contributed by atoms with E-state index in [1.165, 1.54) is 109 Å². The molecule has 0 heterocycles. The van der Waals surface area contributed by atoms with Crippen molar-refractivity contribution < 1.29 is 14.7 Å².